The fraction of sp³-hybridized carbons (Fsp3) is 0.0556. The summed E-state index contributed by atoms with van der Waals surface area (Å²) >= 11 is 0. The molecule has 0 atom stereocenters. The number of anilines is 1. The largest absolute Gasteiger partial charge is 0.465 e. The fourth-order valence-electron chi connectivity index (χ4n) is 2.51. The van der Waals surface area contributed by atoms with E-state index in [1.165, 1.54) is 10.9 Å². The van der Waals surface area contributed by atoms with Crippen LogP contribution in [-0.2, 0) is 11.8 Å². The summed E-state index contributed by atoms with van der Waals surface area (Å²) in [6, 6.07) is 14.5. The van der Waals surface area contributed by atoms with Gasteiger partial charge in [0.25, 0.3) is 5.91 Å². The van der Waals surface area contributed by atoms with E-state index in [4.69, 9.17) is 4.42 Å². The van der Waals surface area contributed by atoms with Gasteiger partial charge in [0.05, 0.1) is 6.26 Å². The molecule has 0 spiro atoms. The van der Waals surface area contributed by atoms with Crippen LogP contribution < -0.4 is 5.32 Å². The Bertz CT molecular complexity index is 1080. The van der Waals surface area contributed by atoms with Crippen LogP contribution in [0.5, 0.6) is 0 Å². The monoisotopic (exact) mass is 361 g/mol. The number of carbonyl (C=O) groups excluding carboxylic acids is 1. The molecule has 0 radical (unpaired) electrons. The van der Waals surface area contributed by atoms with Crippen LogP contribution in [0.2, 0.25) is 0 Å². The topological polar surface area (TPSA) is 104 Å². The molecule has 4 rings (SSSR count). The van der Waals surface area contributed by atoms with Crippen LogP contribution in [0.3, 0.4) is 0 Å². The highest BCUT2D eigenvalue weighted by atomic mass is 16.3. The molecule has 0 bridgehead atoms. The Morgan fingerprint density at radius 3 is 2.70 bits per heavy atom. The molecule has 0 fully saturated rings. The summed E-state index contributed by atoms with van der Waals surface area (Å²) in [6.07, 6.45) is 4.83. The summed E-state index contributed by atoms with van der Waals surface area (Å²) in [5.41, 5.74) is 0.970. The van der Waals surface area contributed by atoms with E-state index < -0.39 is 5.91 Å². The second kappa shape index (κ2) is 7.08. The Hall–Kier alpha value is -4.01. The van der Waals surface area contributed by atoms with Gasteiger partial charge in [-0.1, -0.05) is 30.3 Å². The number of rotatable bonds is 5. The van der Waals surface area contributed by atoms with Crippen LogP contribution in [-0.4, -0.2) is 35.9 Å². The highest BCUT2D eigenvalue weighted by Crippen LogP contribution is 2.21. The lowest BCUT2D eigenvalue weighted by molar-refractivity contribution is -0.111. The first-order chi connectivity index (χ1) is 13.2. The molecule has 0 aliphatic heterocycles. The molecule has 134 valence electrons. The van der Waals surface area contributed by atoms with Crippen LogP contribution in [0.15, 0.2) is 65.4 Å². The van der Waals surface area contributed by atoms with E-state index in [-0.39, 0.29) is 5.70 Å². The maximum absolute atomic E-state index is 12.9. The Morgan fingerprint density at radius 1 is 1.15 bits per heavy atom. The second-order valence-electron chi connectivity index (χ2n) is 5.65. The zero-order valence-corrected chi connectivity index (χ0v) is 14.4. The van der Waals surface area contributed by atoms with Crippen molar-refractivity contribution in [2.45, 2.75) is 0 Å². The molecule has 27 heavy (non-hydrogen) atoms. The second-order valence-corrected chi connectivity index (χ2v) is 5.65. The number of amides is 1. The van der Waals surface area contributed by atoms with Gasteiger partial charge in [-0.3, -0.25) is 9.48 Å². The molecule has 0 unspecified atom stereocenters. The van der Waals surface area contributed by atoms with Crippen molar-refractivity contribution in [3.63, 3.8) is 0 Å². The molecular weight excluding hydrogens is 346 g/mol. The molecule has 3 aromatic heterocycles. The Kier molecular flexibility index (Phi) is 4.32. The number of aromatic nitrogens is 6. The third-order valence-corrected chi connectivity index (χ3v) is 3.74. The highest BCUT2D eigenvalue weighted by Gasteiger charge is 2.20. The van der Waals surface area contributed by atoms with Crippen molar-refractivity contribution in [3.8, 4) is 11.4 Å². The molecule has 1 aromatic carbocycles. The van der Waals surface area contributed by atoms with Gasteiger partial charge in [-0.05, 0) is 22.6 Å². The average Bonchev–Trinajstić information content (AvgIpc) is 3.42. The molecule has 9 nitrogen and oxygen atoms in total. The third kappa shape index (κ3) is 3.52. The van der Waals surface area contributed by atoms with Crippen molar-refractivity contribution in [2.24, 2.45) is 7.05 Å². The molecular formula is C18H15N7O2. The van der Waals surface area contributed by atoms with Crippen molar-refractivity contribution in [2.75, 3.05) is 5.32 Å². The lowest BCUT2D eigenvalue weighted by Crippen LogP contribution is -2.19. The van der Waals surface area contributed by atoms with Crippen molar-refractivity contribution < 1.29 is 9.21 Å². The smallest absolute Gasteiger partial charge is 0.275 e. The molecule has 0 aliphatic rings. The maximum Gasteiger partial charge on any atom is 0.275 e. The summed E-state index contributed by atoms with van der Waals surface area (Å²) in [4.78, 5) is 12.9. The van der Waals surface area contributed by atoms with Crippen LogP contribution in [0.1, 0.15) is 5.76 Å². The van der Waals surface area contributed by atoms with Gasteiger partial charge in [-0.25, -0.2) is 0 Å². The maximum atomic E-state index is 12.9. The predicted octanol–water partition coefficient (Wildman–Crippen LogP) is 2.30. The Morgan fingerprint density at radius 2 is 2.00 bits per heavy atom. The number of aryl methyl sites for hydroxylation is 1. The van der Waals surface area contributed by atoms with E-state index in [0.717, 1.165) is 5.56 Å². The molecule has 1 amide bonds. The minimum Gasteiger partial charge on any atom is -0.465 e. The number of carbonyl (C=O) groups is 1. The zero-order valence-electron chi connectivity index (χ0n) is 14.4. The van der Waals surface area contributed by atoms with E-state index in [9.17, 15) is 4.79 Å². The SMILES string of the molecule is Cn1ccc(NC(=O)/C(=C/c2ccco2)n2nnnc2-c2ccccc2)n1. The van der Waals surface area contributed by atoms with Gasteiger partial charge in [0.2, 0.25) is 0 Å². The van der Waals surface area contributed by atoms with Crippen molar-refractivity contribution in [1.82, 2.24) is 30.0 Å². The number of nitrogens with zero attached hydrogens (tertiary/aromatic N) is 6. The fourth-order valence-corrected chi connectivity index (χ4v) is 2.51. The van der Waals surface area contributed by atoms with Gasteiger partial charge in [0.1, 0.15) is 11.5 Å². The quantitative estimate of drug-likeness (QED) is 0.547. The van der Waals surface area contributed by atoms with E-state index >= 15 is 0 Å². The van der Waals surface area contributed by atoms with E-state index in [0.29, 0.717) is 17.4 Å². The molecule has 1 N–H and O–H groups in total. The van der Waals surface area contributed by atoms with Crippen LogP contribution in [0, 0.1) is 0 Å². The van der Waals surface area contributed by atoms with Gasteiger partial charge < -0.3 is 9.73 Å². The number of hydrogen-bond acceptors (Lipinski definition) is 6. The summed E-state index contributed by atoms with van der Waals surface area (Å²) in [5, 5.41) is 18.7. The molecule has 3 heterocycles. The lowest BCUT2D eigenvalue weighted by Gasteiger charge is -2.09. The minimum atomic E-state index is -0.422. The molecule has 0 saturated carbocycles. The molecule has 4 aromatic rings. The summed E-state index contributed by atoms with van der Waals surface area (Å²) in [5.74, 6) is 0.928. The van der Waals surface area contributed by atoms with E-state index in [1.807, 2.05) is 30.3 Å². The summed E-state index contributed by atoms with van der Waals surface area (Å²) in [6.45, 7) is 0. The standard InChI is InChI=1S/C18H15N7O2/c1-24-10-9-16(21-24)19-18(26)15(12-14-8-5-11-27-14)25-17(20-22-23-25)13-6-3-2-4-7-13/h2-12H,1H3,(H,19,21,26)/b15-12-. The molecule has 0 aliphatic carbocycles. The van der Waals surface area contributed by atoms with Crippen molar-refractivity contribution >= 4 is 23.5 Å². The van der Waals surface area contributed by atoms with Crippen LogP contribution >= 0.6 is 0 Å². The van der Waals surface area contributed by atoms with Gasteiger partial charge in [0, 0.05) is 31.0 Å². The summed E-state index contributed by atoms with van der Waals surface area (Å²) < 4.78 is 8.32. The number of tetrazole rings is 1. The van der Waals surface area contributed by atoms with Gasteiger partial charge in [-0.2, -0.15) is 9.78 Å². The Balaban J connectivity index is 1.76. The van der Waals surface area contributed by atoms with Gasteiger partial charge in [-0.15, -0.1) is 5.10 Å². The zero-order chi connectivity index (χ0) is 18.6. The first kappa shape index (κ1) is 16.5. The number of benzene rings is 1. The third-order valence-electron chi connectivity index (χ3n) is 3.74. The normalized spacial score (nSPS) is 11.5. The summed E-state index contributed by atoms with van der Waals surface area (Å²) in [7, 11) is 1.77. The number of hydrogen-bond donors (Lipinski definition) is 1. The lowest BCUT2D eigenvalue weighted by atomic mass is 10.2. The highest BCUT2D eigenvalue weighted by molar-refractivity contribution is 6.24. The van der Waals surface area contributed by atoms with Crippen molar-refractivity contribution in [1.29, 1.82) is 0 Å². The predicted molar refractivity (Wildman–Crippen MR) is 98.0 cm³/mol. The molecule has 0 saturated heterocycles. The number of nitrogens with one attached hydrogen (secondary N) is 1. The Labute approximate surface area is 153 Å². The van der Waals surface area contributed by atoms with Gasteiger partial charge >= 0.3 is 0 Å². The molecule has 9 heteroatoms. The number of furan rings is 1. The van der Waals surface area contributed by atoms with E-state index in [1.54, 1.807) is 42.2 Å². The minimum absolute atomic E-state index is 0.194. The van der Waals surface area contributed by atoms with Crippen LogP contribution in [0.4, 0.5) is 5.82 Å². The van der Waals surface area contributed by atoms with Crippen LogP contribution in [0.25, 0.3) is 23.2 Å². The first-order valence-electron chi connectivity index (χ1n) is 8.11. The van der Waals surface area contributed by atoms with Crippen molar-refractivity contribution in [3.05, 3.63) is 66.8 Å². The van der Waals surface area contributed by atoms with E-state index in [2.05, 4.69) is 25.9 Å². The van der Waals surface area contributed by atoms with Gasteiger partial charge in [0.15, 0.2) is 11.6 Å². The average molecular weight is 361 g/mol. The first-order valence-corrected chi connectivity index (χ1v) is 8.11.